The van der Waals surface area contributed by atoms with E-state index in [0.717, 1.165) is 12.2 Å². The average molecular weight is 276 g/mol. The second kappa shape index (κ2) is 5.98. The molecule has 0 amide bonds. The summed E-state index contributed by atoms with van der Waals surface area (Å²) >= 11 is 6.01. The molecule has 0 fully saturated rings. The summed E-state index contributed by atoms with van der Waals surface area (Å²) in [6.07, 6.45) is 0. The molecule has 0 atom stereocenters. The van der Waals surface area contributed by atoms with Gasteiger partial charge < -0.3 is 10.1 Å². The molecule has 0 bridgehead atoms. The van der Waals surface area contributed by atoms with Gasteiger partial charge in [0.25, 0.3) is 0 Å². The van der Waals surface area contributed by atoms with E-state index >= 15 is 0 Å². The van der Waals surface area contributed by atoms with Crippen molar-refractivity contribution in [2.45, 2.75) is 20.4 Å². The van der Waals surface area contributed by atoms with Gasteiger partial charge in [-0.25, -0.2) is 0 Å². The van der Waals surface area contributed by atoms with Crippen LogP contribution in [-0.2, 0) is 6.54 Å². The first kappa shape index (κ1) is 13.8. The lowest BCUT2D eigenvalue weighted by Crippen LogP contribution is -2.02. The normalized spacial score (nSPS) is 10.3. The summed E-state index contributed by atoms with van der Waals surface area (Å²) in [5.41, 5.74) is 4.94. The van der Waals surface area contributed by atoms with Crippen LogP contribution in [0.5, 0.6) is 5.75 Å². The van der Waals surface area contributed by atoms with Crippen LogP contribution >= 0.6 is 11.6 Å². The first-order chi connectivity index (χ1) is 9.11. The first-order valence-corrected chi connectivity index (χ1v) is 6.62. The van der Waals surface area contributed by atoms with Crippen molar-refractivity contribution in [2.75, 3.05) is 12.4 Å². The molecule has 0 aromatic heterocycles. The van der Waals surface area contributed by atoms with Gasteiger partial charge >= 0.3 is 0 Å². The number of rotatable bonds is 4. The van der Waals surface area contributed by atoms with Crippen molar-refractivity contribution in [3.8, 4) is 5.75 Å². The van der Waals surface area contributed by atoms with Crippen LogP contribution in [0.15, 0.2) is 36.4 Å². The van der Waals surface area contributed by atoms with Crippen LogP contribution in [0.4, 0.5) is 5.69 Å². The Morgan fingerprint density at radius 1 is 1.16 bits per heavy atom. The van der Waals surface area contributed by atoms with Crippen molar-refractivity contribution >= 4 is 17.3 Å². The van der Waals surface area contributed by atoms with Crippen molar-refractivity contribution in [1.82, 2.24) is 0 Å². The Kier molecular flexibility index (Phi) is 4.33. The lowest BCUT2D eigenvalue weighted by molar-refractivity contribution is 0.415. The monoisotopic (exact) mass is 275 g/mol. The first-order valence-electron chi connectivity index (χ1n) is 6.24. The maximum Gasteiger partial charge on any atom is 0.139 e. The molecular weight excluding hydrogens is 258 g/mol. The van der Waals surface area contributed by atoms with Crippen LogP contribution in [0.3, 0.4) is 0 Å². The molecule has 0 aliphatic rings. The van der Waals surface area contributed by atoms with Gasteiger partial charge in [-0.1, -0.05) is 29.8 Å². The van der Waals surface area contributed by atoms with Gasteiger partial charge in [-0.3, -0.25) is 0 Å². The van der Waals surface area contributed by atoms with Gasteiger partial charge in [0.1, 0.15) is 5.75 Å². The number of nitrogens with one attached hydrogen (secondary N) is 1. The maximum absolute atomic E-state index is 6.01. The van der Waals surface area contributed by atoms with Crippen molar-refractivity contribution in [3.05, 3.63) is 58.1 Å². The zero-order chi connectivity index (χ0) is 13.8. The number of benzene rings is 2. The van der Waals surface area contributed by atoms with Gasteiger partial charge in [-0.2, -0.15) is 0 Å². The zero-order valence-corrected chi connectivity index (χ0v) is 12.2. The molecule has 0 spiro atoms. The Labute approximate surface area is 119 Å². The Bertz CT molecular complexity index is 581. The highest BCUT2D eigenvalue weighted by molar-refractivity contribution is 6.32. The Morgan fingerprint density at radius 2 is 1.95 bits per heavy atom. The fourth-order valence-corrected chi connectivity index (χ4v) is 2.17. The van der Waals surface area contributed by atoms with Gasteiger partial charge in [0, 0.05) is 18.3 Å². The van der Waals surface area contributed by atoms with Crippen molar-refractivity contribution in [1.29, 1.82) is 0 Å². The van der Waals surface area contributed by atoms with Gasteiger partial charge in [0.15, 0.2) is 0 Å². The van der Waals surface area contributed by atoms with Crippen LogP contribution < -0.4 is 10.1 Å². The predicted molar refractivity (Wildman–Crippen MR) is 81.2 cm³/mol. The smallest absolute Gasteiger partial charge is 0.139 e. The van der Waals surface area contributed by atoms with E-state index in [1.165, 1.54) is 16.7 Å². The summed E-state index contributed by atoms with van der Waals surface area (Å²) in [4.78, 5) is 0. The molecule has 0 heterocycles. The number of aryl methyl sites for hydroxylation is 1. The third-order valence-electron chi connectivity index (χ3n) is 3.35. The molecular formula is C16H18ClNO. The minimum atomic E-state index is 0.625. The van der Waals surface area contributed by atoms with Crippen molar-refractivity contribution < 1.29 is 4.74 Å². The Balaban J connectivity index is 2.12. The third kappa shape index (κ3) is 3.21. The molecule has 19 heavy (non-hydrogen) atoms. The van der Waals surface area contributed by atoms with Crippen LogP contribution in [0, 0.1) is 13.8 Å². The summed E-state index contributed by atoms with van der Waals surface area (Å²) in [6.45, 7) is 5.07. The highest BCUT2D eigenvalue weighted by atomic mass is 35.5. The van der Waals surface area contributed by atoms with Crippen LogP contribution in [0.25, 0.3) is 0 Å². The highest BCUT2D eigenvalue weighted by Crippen LogP contribution is 2.27. The fraction of sp³-hybridized carbons (Fsp3) is 0.250. The predicted octanol–water partition coefficient (Wildman–Crippen LogP) is 4.58. The van der Waals surface area contributed by atoms with Crippen LogP contribution in [0.1, 0.15) is 16.7 Å². The number of methoxy groups -OCH3 is 1. The molecule has 2 aromatic carbocycles. The van der Waals surface area contributed by atoms with Gasteiger partial charge in [-0.05, 0) is 42.7 Å². The second-order valence-corrected chi connectivity index (χ2v) is 4.97. The van der Waals surface area contributed by atoms with Gasteiger partial charge in [0.2, 0.25) is 0 Å². The largest absolute Gasteiger partial charge is 0.495 e. The summed E-state index contributed by atoms with van der Waals surface area (Å²) in [5.74, 6) is 0.688. The minimum absolute atomic E-state index is 0.625. The highest BCUT2D eigenvalue weighted by Gasteiger charge is 2.03. The van der Waals surface area contributed by atoms with Gasteiger partial charge in [-0.15, -0.1) is 0 Å². The molecule has 1 N–H and O–H groups in total. The van der Waals surface area contributed by atoms with E-state index in [4.69, 9.17) is 16.3 Å². The topological polar surface area (TPSA) is 21.3 Å². The number of anilines is 1. The SMILES string of the molecule is COc1cc(NCc2cccc(C)c2C)ccc1Cl. The molecule has 0 aliphatic heterocycles. The minimum Gasteiger partial charge on any atom is -0.495 e. The summed E-state index contributed by atoms with van der Waals surface area (Å²) in [5, 5.41) is 4.02. The molecule has 2 aromatic rings. The quantitative estimate of drug-likeness (QED) is 0.882. The van der Waals surface area contributed by atoms with E-state index in [1.807, 2.05) is 18.2 Å². The molecule has 0 saturated carbocycles. The molecule has 2 nitrogen and oxygen atoms in total. The molecule has 100 valence electrons. The molecule has 3 heteroatoms. The lowest BCUT2D eigenvalue weighted by Gasteiger charge is -2.12. The van der Waals surface area contributed by atoms with E-state index in [0.29, 0.717) is 10.8 Å². The molecule has 0 aliphatic carbocycles. The maximum atomic E-state index is 6.01. The van der Waals surface area contributed by atoms with E-state index in [2.05, 4.69) is 37.4 Å². The van der Waals surface area contributed by atoms with E-state index in [-0.39, 0.29) is 0 Å². The Morgan fingerprint density at radius 3 is 2.68 bits per heavy atom. The number of hydrogen-bond acceptors (Lipinski definition) is 2. The van der Waals surface area contributed by atoms with Crippen molar-refractivity contribution in [3.63, 3.8) is 0 Å². The standard InChI is InChI=1S/C16H18ClNO/c1-11-5-4-6-13(12(11)2)10-18-14-7-8-15(17)16(9-14)19-3/h4-9,18H,10H2,1-3H3. The lowest BCUT2D eigenvalue weighted by atomic mass is 10.0. The van der Waals surface area contributed by atoms with Crippen LogP contribution in [0.2, 0.25) is 5.02 Å². The number of hydrogen-bond donors (Lipinski definition) is 1. The fourth-order valence-electron chi connectivity index (χ4n) is 1.97. The Hall–Kier alpha value is -1.67. The molecule has 0 radical (unpaired) electrons. The van der Waals surface area contributed by atoms with Crippen LogP contribution in [-0.4, -0.2) is 7.11 Å². The summed E-state index contributed by atoms with van der Waals surface area (Å²) in [7, 11) is 1.62. The van der Waals surface area contributed by atoms with E-state index in [9.17, 15) is 0 Å². The number of ether oxygens (including phenoxy) is 1. The van der Waals surface area contributed by atoms with Crippen molar-refractivity contribution in [2.24, 2.45) is 0 Å². The zero-order valence-electron chi connectivity index (χ0n) is 11.5. The summed E-state index contributed by atoms with van der Waals surface area (Å²) in [6, 6.07) is 12.1. The summed E-state index contributed by atoms with van der Waals surface area (Å²) < 4.78 is 5.21. The molecule has 0 unspecified atom stereocenters. The molecule has 0 saturated heterocycles. The third-order valence-corrected chi connectivity index (χ3v) is 3.66. The second-order valence-electron chi connectivity index (χ2n) is 4.56. The average Bonchev–Trinajstić information content (AvgIpc) is 2.42. The van der Waals surface area contributed by atoms with Gasteiger partial charge in [0.05, 0.1) is 12.1 Å². The van der Waals surface area contributed by atoms with E-state index in [1.54, 1.807) is 7.11 Å². The van der Waals surface area contributed by atoms with E-state index < -0.39 is 0 Å². The number of halogens is 1. The molecule has 2 rings (SSSR count).